The van der Waals surface area contributed by atoms with Crippen molar-refractivity contribution in [2.75, 3.05) is 18.8 Å². The van der Waals surface area contributed by atoms with Crippen molar-refractivity contribution in [1.29, 1.82) is 0 Å². The largest absolute Gasteiger partial charge is 0.465 e. The summed E-state index contributed by atoms with van der Waals surface area (Å²) in [5.74, 6) is 0. The average molecular weight is 297 g/mol. The molecule has 90 valence electrons. The van der Waals surface area contributed by atoms with Gasteiger partial charge in [0.1, 0.15) is 0 Å². The molecule has 1 heterocycles. The van der Waals surface area contributed by atoms with Crippen molar-refractivity contribution in [1.82, 2.24) is 4.90 Å². The molecule has 1 aliphatic heterocycles. The van der Waals surface area contributed by atoms with Crippen molar-refractivity contribution in [2.45, 2.75) is 6.42 Å². The Kier molecular flexibility index (Phi) is 3.38. The lowest BCUT2D eigenvalue weighted by Crippen LogP contribution is -2.33. The number of rotatable bonds is 1. The number of nitrogen functional groups attached to an aromatic ring is 1. The number of hydrogen-bond donors (Lipinski definition) is 2. The topological polar surface area (TPSA) is 66.6 Å². The van der Waals surface area contributed by atoms with Crippen LogP contribution >= 0.6 is 15.9 Å². The number of benzene rings is 1. The molecule has 5 heteroatoms. The zero-order chi connectivity index (χ0) is 12.4. The maximum Gasteiger partial charge on any atom is 0.407 e. The maximum atomic E-state index is 10.8. The van der Waals surface area contributed by atoms with E-state index in [2.05, 4.69) is 15.9 Å². The van der Waals surface area contributed by atoms with E-state index in [-0.39, 0.29) is 0 Å². The summed E-state index contributed by atoms with van der Waals surface area (Å²) in [6.45, 7) is 0.955. The van der Waals surface area contributed by atoms with Gasteiger partial charge in [0.15, 0.2) is 0 Å². The minimum Gasteiger partial charge on any atom is -0.465 e. The van der Waals surface area contributed by atoms with E-state index >= 15 is 0 Å². The van der Waals surface area contributed by atoms with Crippen LogP contribution in [-0.4, -0.2) is 29.2 Å². The average Bonchev–Trinajstić information content (AvgIpc) is 2.29. The minimum absolute atomic E-state index is 0.431. The fourth-order valence-corrected chi connectivity index (χ4v) is 2.29. The van der Waals surface area contributed by atoms with Gasteiger partial charge in [-0.05, 0) is 24.1 Å². The molecule has 4 nitrogen and oxygen atoms in total. The molecule has 2 rings (SSSR count). The van der Waals surface area contributed by atoms with Crippen LogP contribution in [0.3, 0.4) is 0 Å². The molecule has 0 saturated heterocycles. The van der Waals surface area contributed by atoms with Crippen LogP contribution in [0.4, 0.5) is 10.5 Å². The molecule has 0 radical (unpaired) electrons. The third-order valence-electron chi connectivity index (χ3n) is 2.84. The number of amides is 1. The first-order valence-electron chi connectivity index (χ1n) is 5.30. The van der Waals surface area contributed by atoms with Gasteiger partial charge in [-0.15, -0.1) is 0 Å². The van der Waals surface area contributed by atoms with E-state index in [1.807, 2.05) is 24.3 Å². The summed E-state index contributed by atoms with van der Waals surface area (Å²) < 4.78 is 0.947. The predicted molar refractivity (Wildman–Crippen MR) is 70.7 cm³/mol. The van der Waals surface area contributed by atoms with E-state index < -0.39 is 6.09 Å². The van der Waals surface area contributed by atoms with Crippen molar-refractivity contribution in [2.24, 2.45) is 0 Å². The highest BCUT2D eigenvalue weighted by atomic mass is 79.9. The van der Waals surface area contributed by atoms with Crippen LogP contribution in [0.5, 0.6) is 0 Å². The fraction of sp³-hybridized carbons (Fsp3) is 0.250. The highest BCUT2D eigenvalue weighted by molar-refractivity contribution is 9.10. The Morgan fingerprint density at radius 1 is 1.47 bits per heavy atom. The number of anilines is 1. The molecule has 1 aliphatic rings. The summed E-state index contributed by atoms with van der Waals surface area (Å²) in [5, 5.41) is 8.85. The van der Waals surface area contributed by atoms with Crippen molar-refractivity contribution in [3.63, 3.8) is 0 Å². The number of carboxylic acid groups (broad SMARTS) is 1. The SMILES string of the molecule is Nc1cc(Br)ccc1C1=CCN(C(=O)O)CC1. The van der Waals surface area contributed by atoms with Gasteiger partial charge in [0.2, 0.25) is 0 Å². The quantitative estimate of drug-likeness (QED) is 0.783. The molecule has 0 aliphatic carbocycles. The second-order valence-corrected chi connectivity index (χ2v) is 4.86. The Morgan fingerprint density at radius 2 is 2.24 bits per heavy atom. The summed E-state index contributed by atoms with van der Waals surface area (Å²) in [7, 11) is 0. The Labute approximate surface area is 108 Å². The molecule has 1 aromatic carbocycles. The van der Waals surface area contributed by atoms with Gasteiger partial charge in [-0.2, -0.15) is 0 Å². The molecule has 1 aromatic rings. The highest BCUT2D eigenvalue weighted by Crippen LogP contribution is 2.29. The van der Waals surface area contributed by atoms with Gasteiger partial charge in [-0.25, -0.2) is 4.79 Å². The first kappa shape index (κ1) is 12.0. The van der Waals surface area contributed by atoms with E-state index in [0.717, 1.165) is 21.3 Å². The highest BCUT2D eigenvalue weighted by Gasteiger charge is 2.17. The molecular weight excluding hydrogens is 284 g/mol. The van der Waals surface area contributed by atoms with Gasteiger partial charge in [0, 0.05) is 28.8 Å². The molecule has 0 saturated carbocycles. The second-order valence-electron chi connectivity index (χ2n) is 3.94. The zero-order valence-electron chi connectivity index (χ0n) is 9.19. The van der Waals surface area contributed by atoms with Crippen LogP contribution < -0.4 is 5.73 Å². The lowest BCUT2D eigenvalue weighted by molar-refractivity contribution is 0.150. The summed E-state index contributed by atoms with van der Waals surface area (Å²) >= 11 is 3.36. The van der Waals surface area contributed by atoms with E-state index in [1.54, 1.807) is 0 Å². The van der Waals surface area contributed by atoms with Gasteiger partial charge >= 0.3 is 6.09 Å². The molecule has 0 atom stereocenters. The van der Waals surface area contributed by atoms with Gasteiger partial charge in [0.25, 0.3) is 0 Å². The molecule has 0 aromatic heterocycles. The predicted octanol–water partition coefficient (Wildman–Crippen LogP) is 2.80. The zero-order valence-corrected chi connectivity index (χ0v) is 10.8. The molecule has 0 unspecified atom stereocenters. The van der Waals surface area contributed by atoms with E-state index in [0.29, 0.717) is 19.5 Å². The molecule has 0 bridgehead atoms. The maximum absolute atomic E-state index is 10.8. The first-order chi connectivity index (χ1) is 8.08. The molecule has 0 fully saturated rings. The van der Waals surface area contributed by atoms with Crippen LogP contribution in [0.25, 0.3) is 5.57 Å². The Morgan fingerprint density at radius 3 is 2.76 bits per heavy atom. The third kappa shape index (κ3) is 2.61. The van der Waals surface area contributed by atoms with Crippen LogP contribution in [0.1, 0.15) is 12.0 Å². The smallest absolute Gasteiger partial charge is 0.407 e. The molecule has 17 heavy (non-hydrogen) atoms. The van der Waals surface area contributed by atoms with Crippen molar-refractivity contribution < 1.29 is 9.90 Å². The van der Waals surface area contributed by atoms with Crippen LogP contribution in [-0.2, 0) is 0 Å². The van der Waals surface area contributed by atoms with Gasteiger partial charge in [-0.3, -0.25) is 0 Å². The third-order valence-corrected chi connectivity index (χ3v) is 3.33. The van der Waals surface area contributed by atoms with E-state index in [4.69, 9.17) is 10.8 Å². The number of hydrogen-bond acceptors (Lipinski definition) is 2. The lowest BCUT2D eigenvalue weighted by Gasteiger charge is -2.24. The summed E-state index contributed by atoms with van der Waals surface area (Å²) in [6.07, 6.45) is 1.76. The molecule has 1 amide bonds. The van der Waals surface area contributed by atoms with Gasteiger partial charge < -0.3 is 15.7 Å². The fourth-order valence-electron chi connectivity index (χ4n) is 1.91. The normalized spacial score (nSPS) is 15.6. The first-order valence-corrected chi connectivity index (χ1v) is 6.09. The minimum atomic E-state index is -0.871. The molecule has 3 N–H and O–H groups in total. The monoisotopic (exact) mass is 296 g/mol. The Bertz CT molecular complexity index is 485. The van der Waals surface area contributed by atoms with Crippen LogP contribution in [0.15, 0.2) is 28.7 Å². The van der Waals surface area contributed by atoms with Gasteiger partial charge in [-0.1, -0.05) is 28.1 Å². The van der Waals surface area contributed by atoms with E-state index in [9.17, 15) is 4.79 Å². The molecule has 0 spiro atoms. The van der Waals surface area contributed by atoms with Crippen LogP contribution in [0.2, 0.25) is 0 Å². The second kappa shape index (κ2) is 4.79. The number of halogens is 1. The number of carbonyl (C=O) groups is 1. The van der Waals surface area contributed by atoms with E-state index in [1.165, 1.54) is 4.90 Å². The summed E-state index contributed by atoms with van der Waals surface area (Å²) in [4.78, 5) is 12.2. The van der Waals surface area contributed by atoms with Crippen LogP contribution in [0, 0.1) is 0 Å². The Balaban J connectivity index is 2.22. The summed E-state index contributed by atoms with van der Waals surface area (Å²) in [5.41, 5.74) is 8.78. The van der Waals surface area contributed by atoms with Crippen molar-refractivity contribution in [3.8, 4) is 0 Å². The number of nitrogens with zero attached hydrogens (tertiary/aromatic N) is 1. The van der Waals surface area contributed by atoms with Crippen molar-refractivity contribution >= 4 is 33.3 Å². The van der Waals surface area contributed by atoms with Gasteiger partial charge in [0.05, 0.1) is 0 Å². The lowest BCUT2D eigenvalue weighted by atomic mass is 9.98. The summed E-state index contributed by atoms with van der Waals surface area (Å²) in [6, 6.07) is 5.76. The standard InChI is InChI=1S/C12H13BrN2O2/c13-9-1-2-10(11(14)7-9)8-3-5-15(6-4-8)12(16)17/h1-3,7H,4-6,14H2,(H,16,17). The number of nitrogens with two attached hydrogens (primary N) is 1. The van der Waals surface area contributed by atoms with Crippen molar-refractivity contribution in [3.05, 3.63) is 34.3 Å². The molecular formula is C12H13BrN2O2. The Hall–Kier alpha value is -1.49.